The SMILES string of the molecule is Cc1cc(OC(C)C(=O)N(C)CC(C)(C)CN)ccc1Cl. The highest BCUT2D eigenvalue weighted by Gasteiger charge is 2.25. The summed E-state index contributed by atoms with van der Waals surface area (Å²) in [5, 5.41) is 0.683. The Morgan fingerprint density at radius 1 is 1.48 bits per heavy atom. The maximum absolute atomic E-state index is 12.3. The third-order valence-electron chi connectivity index (χ3n) is 3.38. The summed E-state index contributed by atoms with van der Waals surface area (Å²) >= 11 is 5.98. The molecule has 118 valence electrons. The lowest BCUT2D eigenvalue weighted by atomic mass is 9.93. The van der Waals surface area contributed by atoms with Gasteiger partial charge < -0.3 is 15.4 Å². The van der Waals surface area contributed by atoms with Crippen molar-refractivity contribution in [3.63, 3.8) is 0 Å². The van der Waals surface area contributed by atoms with Crippen molar-refractivity contribution in [1.82, 2.24) is 4.90 Å². The van der Waals surface area contributed by atoms with Crippen molar-refractivity contribution in [3.05, 3.63) is 28.8 Å². The molecule has 0 radical (unpaired) electrons. The summed E-state index contributed by atoms with van der Waals surface area (Å²) in [5.41, 5.74) is 6.52. The average Bonchev–Trinajstić information content (AvgIpc) is 2.41. The number of ether oxygens (including phenoxy) is 1. The molecule has 0 fully saturated rings. The van der Waals surface area contributed by atoms with Gasteiger partial charge in [0.15, 0.2) is 6.10 Å². The van der Waals surface area contributed by atoms with E-state index in [0.717, 1.165) is 5.56 Å². The molecule has 0 aliphatic rings. The molecule has 0 aromatic heterocycles. The van der Waals surface area contributed by atoms with Crippen molar-refractivity contribution in [2.24, 2.45) is 11.1 Å². The van der Waals surface area contributed by atoms with Gasteiger partial charge in [-0.15, -0.1) is 0 Å². The molecule has 1 rings (SSSR count). The number of benzene rings is 1. The highest BCUT2D eigenvalue weighted by Crippen LogP contribution is 2.22. The molecule has 1 atom stereocenters. The Balaban J connectivity index is 2.67. The molecule has 21 heavy (non-hydrogen) atoms. The Hall–Kier alpha value is -1.26. The zero-order chi connectivity index (χ0) is 16.2. The topological polar surface area (TPSA) is 55.6 Å². The number of rotatable bonds is 6. The zero-order valence-electron chi connectivity index (χ0n) is 13.4. The molecule has 0 saturated carbocycles. The van der Waals surface area contributed by atoms with E-state index in [1.807, 2.05) is 26.8 Å². The Morgan fingerprint density at radius 2 is 2.10 bits per heavy atom. The Labute approximate surface area is 132 Å². The number of likely N-dealkylation sites (N-methyl/N-ethyl adjacent to an activating group) is 1. The lowest BCUT2D eigenvalue weighted by Crippen LogP contribution is -2.44. The lowest BCUT2D eigenvalue weighted by molar-refractivity contribution is -0.137. The van der Waals surface area contributed by atoms with Crippen molar-refractivity contribution in [1.29, 1.82) is 0 Å². The second kappa shape index (κ2) is 7.14. The minimum Gasteiger partial charge on any atom is -0.481 e. The number of carbonyl (C=O) groups is 1. The lowest BCUT2D eigenvalue weighted by Gasteiger charge is -2.30. The molecule has 0 heterocycles. The molecule has 0 spiro atoms. The molecule has 1 amide bonds. The van der Waals surface area contributed by atoms with E-state index < -0.39 is 6.10 Å². The summed E-state index contributed by atoms with van der Waals surface area (Å²) in [6, 6.07) is 5.36. The standard InChI is InChI=1S/C16H25ClN2O2/c1-11-8-13(6-7-14(11)17)21-12(2)15(20)19(5)10-16(3,4)9-18/h6-8,12H,9-10,18H2,1-5H3. The Morgan fingerprint density at radius 3 is 2.62 bits per heavy atom. The fraction of sp³-hybridized carbons (Fsp3) is 0.562. The van der Waals surface area contributed by atoms with E-state index in [1.165, 1.54) is 0 Å². The average molecular weight is 313 g/mol. The third kappa shape index (κ3) is 5.21. The largest absolute Gasteiger partial charge is 0.481 e. The maximum Gasteiger partial charge on any atom is 0.263 e. The van der Waals surface area contributed by atoms with Gasteiger partial charge in [0.1, 0.15) is 5.75 Å². The van der Waals surface area contributed by atoms with Gasteiger partial charge in [0.25, 0.3) is 5.91 Å². The van der Waals surface area contributed by atoms with E-state index in [4.69, 9.17) is 22.1 Å². The van der Waals surface area contributed by atoms with E-state index in [-0.39, 0.29) is 11.3 Å². The van der Waals surface area contributed by atoms with Crippen LogP contribution in [0.25, 0.3) is 0 Å². The number of hydrogen-bond donors (Lipinski definition) is 1. The number of carbonyl (C=O) groups excluding carboxylic acids is 1. The molecular formula is C16H25ClN2O2. The van der Waals surface area contributed by atoms with E-state index >= 15 is 0 Å². The van der Waals surface area contributed by atoms with Gasteiger partial charge in [-0.05, 0) is 49.6 Å². The molecule has 1 aromatic rings. The highest BCUT2D eigenvalue weighted by molar-refractivity contribution is 6.31. The van der Waals surface area contributed by atoms with Crippen molar-refractivity contribution in [2.75, 3.05) is 20.1 Å². The van der Waals surface area contributed by atoms with Crippen LogP contribution in [0.1, 0.15) is 26.3 Å². The van der Waals surface area contributed by atoms with Crippen LogP contribution in [0.15, 0.2) is 18.2 Å². The summed E-state index contributed by atoms with van der Waals surface area (Å²) in [7, 11) is 1.77. The highest BCUT2D eigenvalue weighted by atomic mass is 35.5. The van der Waals surface area contributed by atoms with Crippen LogP contribution >= 0.6 is 11.6 Å². The van der Waals surface area contributed by atoms with Crippen LogP contribution in [-0.4, -0.2) is 37.0 Å². The summed E-state index contributed by atoms with van der Waals surface area (Å²) in [6.07, 6.45) is -0.552. The number of halogens is 1. The summed E-state index contributed by atoms with van der Waals surface area (Å²) in [4.78, 5) is 14.0. The molecule has 0 aliphatic carbocycles. The summed E-state index contributed by atoms with van der Waals surface area (Å²) < 4.78 is 5.70. The van der Waals surface area contributed by atoms with Crippen LogP contribution in [0.3, 0.4) is 0 Å². The second-order valence-corrected chi connectivity index (χ2v) is 6.64. The fourth-order valence-corrected chi connectivity index (χ4v) is 2.16. The van der Waals surface area contributed by atoms with Crippen LogP contribution in [0, 0.1) is 12.3 Å². The van der Waals surface area contributed by atoms with Crippen LogP contribution in [-0.2, 0) is 4.79 Å². The minimum atomic E-state index is -0.552. The van der Waals surface area contributed by atoms with Crippen molar-refractivity contribution < 1.29 is 9.53 Å². The van der Waals surface area contributed by atoms with Crippen LogP contribution < -0.4 is 10.5 Å². The van der Waals surface area contributed by atoms with E-state index in [1.54, 1.807) is 31.0 Å². The predicted octanol–water partition coefficient (Wildman–Crippen LogP) is 2.86. The summed E-state index contributed by atoms with van der Waals surface area (Å²) in [5.74, 6) is 0.577. The van der Waals surface area contributed by atoms with Gasteiger partial charge >= 0.3 is 0 Å². The first kappa shape index (κ1) is 17.8. The number of aryl methyl sites for hydroxylation is 1. The van der Waals surface area contributed by atoms with Gasteiger partial charge in [0, 0.05) is 18.6 Å². The maximum atomic E-state index is 12.3. The van der Waals surface area contributed by atoms with Crippen LogP contribution in [0.2, 0.25) is 5.02 Å². The predicted molar refractivity (Wildman–Crippen MR) is 86.8 cm³/mol. The minimum absolute atomic E-state index is 0.0656. The molecular weight excluding hydrogens is 288 g/mol. The molecule has 1 unspecified atom stereocenters. The molecule has 0 saturated heterocycles. The van der Waals surface area contributed by atoms with Gasteiger partial charge in [0.2, 0.25) is 0 Å². The van der Waals surface area contributed by atoms with Gasteiger partial charge in [-0.2, -0.15) is 0 Å². The second-order valence-electron chi connectivity index (χ2n) is 6.23. The smallest absolute Gasteiger partial charge is 0.263 e. The van der Waals surface area contributed by atoms with Crippen LogP contribution in [0.4, 0.5) is 0 Å². The van der Waals surface area contributed by atoms with Gasteiger partial charge in [0.05, 0.1) is 0 Å². The third-order valence-corrected chi connectivity index (χ3v) is 3.81. The van der Waals surface area contributed by atoms with E-state index in [2.05, 4.69) is 0 Å². The Bertz CT molecular complexity index is 503. The van der Waals surface area contributed by atoms with Crippen LogP contribution in [0.5, 0.6) is 5.75 Å². The van der Waals surface area contributed by atoms with Crippen molar-refractivity contribution in [2.45, 2.75) is 33.8 Å². The van der Waals surface area contributed by atoms with E-state index in [0.29, 0.717) is 23.9 Å². The quantitative estimate of drug-likeness (QED) is 0.878. The molecule has 2 N–H and O–H groups in total. The first-order valence-corrected chi connectivity index (χ1v) is 7.42. The zero-order valence-corrected chi connectivity index (χ0v) is 14.2. The normalized spacial score (nSPS) is 12.9. The molecule has 5 heteroatoms. The first-order chi connectivity index (χ1) is 9.66. The fourth-order valence-electron chi connectivity index (χ4n) is 2.04. The number of amides is 1. The van der Waals surface area contributed by atoms with Crippen molar-refractivity contribution >= 4 is 17.5 Å². The first-order valence-electron chi connectivity index (χ1n) is 7.04. The number of hydrogen-bond acceptors (Lipinski definition) is 3. The van der Waals surface area contributed by atoms with Gasteiger partial charge in [-0.25, -0.2) is 0 Å². The van der Waals surface area contributed by atoms with Gasteiger partial charge in [-0.1, -0.05) is 25.4 Å². The molecule has 1 aromatic carbocycles. The number of nitrogens with zero attached hydrogens (tertiary/aromatic N) is 1. The monoisotopic (exact) mass is 312 g/mol. The molecule has 4 nitrogen and oxygen atoms in total. The number of nitrogens with two attached hydrogens (primary N) is 1. The summed E-state index contributed by atoms with van der Waals surface area (Å²) in [6.45, 7) is 8.83. The van der Waals surface area contributed by atoms with Crippen molar-refractivity contribution in [3.8, 4) is 5.75 Å². The van der Waals surface area contributed by atoms with E-state index in [9.17, 15) is 4.79 Å². The molecule has 0 bridgehead atoms. The Kier molecular flexibility index (Phi) is 6.05. The van der Waals surface area contributed by atoms with Gasteiger partial charge in [-0.3, -0.25) is 4.79 Å². The molecule has 0 aliphatic heterocycles.